The first-order valence-electron chi connectivity index (χ1n) is 9.03. The summed E-state index contributed by atoms with van der Waals surface area (Å²) in [5.41, 5.74) is 0.883. The minimum atomic E-state index is -4.63. The number of nitrogens with zero attached hydrogens (tertiary/aromatic N) is 3. The van der Waals surface area contributed by atoms with Gasteiger partial charge in [-0.05, 0) is 42.8 Å². The van der Waals surface area contributed by atoms with Gasteiger partial charge in [-0.25, -0.2) is 18.1 Å². The van der Waals surface area contributed by atoms with E-state index in [-0.39, 0.29) is 16.4 Å². The Balaban J connectivity index is 1.79. The van der Waals surface area contributed by atoms with Crippen molar-refractivity contribution in [2.45, 2.75) is 18.1 Å². The largest absolute Gasteiger partial charge is 0.435 e. The Morgan fingerprint density at radius 2 is 1.65 bits per heavy atom. The Morgan fingerprint density at radius 3 is 2.16 bits per heavy atom. The zero-order valence-corrected chi connectivity index (χ0v) is 18.0. The third-order valence-electron chi connectivity index (χ3n) is 4.55. The van der Waals surface area contributed by atoms with Gasteiger partial charge in [0.1, 0.15) is 0 Å². The lowest BCUT2D eigenvalue weighted by Gasteiger charge is -2.09. The van der Waals surface area contributed by atoms with E-state index in [1.165, 1.54) is 18.3 Å². The topological polar surface area (TPSA) is 64.8 Å². The van der Waals surface area contributed by atoms with Crippen molar-refractivity contribution in [3.8, 4) is 27.4 Å². The number of alkyl halides is 3. The Labute approximate surface area is 180 Å². The van der Waals surface area contributed by atoms with E-state index in [1.807, 2.05) is 31.2 Å². The van der Waals surface area contributed by atoms with E-state index in [2.05, 4.69) is 10.1 Å². The van der Waals surface area contributed by atoms with E-state index in [0.29, 0.717) is 5.56 Å². The number of pyridine rings is 1. The van der Waals surface area contributed by atoms with Gasteiger partial charge in [0.15, 0.2) is 20.6 Å². The molecule has 0 aliphatic rings. The molecule has 0 aliphatic carbocycles. The summed E-state index contributed by atoms with van der Waals surface area (Å²) >= 11 is 1.63. The molecule has 0 saturated carbocycles. The molecule has 0 fully saturated rings. The summed E-state index contributed by atoms with van der Waals surface area (Å²) in [6, 6.07) is 14.7. The van der Waals surface area contributed by atoms with Crippen molar-refractivity contribution >= 4 is 21.2 Å². The lowest BCUT2D eigenvalue weighted by atomic mass is 10.1. The molecule has 1 aromatic carbocycles. The van der Waals surface area contributed by atoms with Crippen LogP contribution in [0.4, 0.5) is 13.2 Å². The predicted octanol–water partition coefficient (Wildman–Crippen LogP) is 5.39. The van der Waals surface area contributed by atoms with Crippen molar-refractivity contribution < 1.29 is 21.6 Å². The fourth-order valence-electron chi connectivity index (χ4n) is 3.03. The predicted molar refractivity (Wildman–Crippen MR) is 113 cm³/mol. The second-order valence-electron chi connectivity index (χ2n) is 6.94. The Hall–Kier alpha value is -2.98. The van der Waals surface area contributed by atoms with E-state index >= 15 is 0 Å². The molecule has 0 amide bonds. The summed E-state index contributed by atoms with van der Waals surface area (Å²) in [4.78, 5) is 6.09. The molecule has 0 atom stereocenters. The molecule has 4 rings (SSSR count). The van der Waals surface area contributed by atoms with Crippen molar-refractivity contribution in [2.75, 3.05) is 6.26 Å². The van der Waals surface area contributed by atoms with E-state index in [1.54, 1.807) is 23.5 Å². The quantitative estimate of drug-likeness (QED) is 0.407. The second-order valence-corrected chi connectivity index (χ2v) is 10.2. The Morgan fingerprint density at radius 1 is 0.968 bits per heavy atom. The normalized spacial score (nSPS) is 12.3. The number of aryl methyl sites for hydroxylation is 1. The fraction of sp³-hybridized carbons (Fsp3) is 0.143. The highest BCUT2D eigenvalue weighted by Gasteiger charge is 2.35. The molecular weight excluding hydrogens is 447 g/mol. The first-order chi connectivity index (χ1) is 14.5. The van der Waals surface area contributed by atoms with Gasteiger partial charge in [-0.15, -0.1) is 11.3 Å². The summed E-state index contributed by atoms with van der Waals surface area (Å²) in [5.74, 6) is 0. The molecule has 0 radical (unpaired) electrons. The second kappa shape index (κ2) is 7.61. The highest BCUT2D eigenvalue weighted by atomic mass is 32.2. The zero-order valence-electron chi connectivity index (χ0n) is 16.4. The van der Waals surface area contributed by atoms with Crippen LogP contribution in [0, 0.1) is 6.92 Å². The van der Waals surface area contributed by atoms with E-state index in [0.717, 1.165) is 32.3 Å². The lowest BCUT2D eigenvalue weighted by Crippen LogP contribution is -2.08. The van der Waals surface area contributed by atoms with Crippen LogP contribution < -0.4 is 0 Å². The first-order valence-corrected chi connectivity index (χ1v) is 11.7. The standard InChI is InChI=1S/C21H16F3N3O2S2/c1-13-3-9-18(30-13)15-6-4-14(5-7-15)17-11-19(21(22,23)24)26-27(17)16-8-10-20(25-12-16)31(2,28)29/h3-12H,1-2H3. The number of sulfone groups is 1. The number of hydrogen-bond acceptors (Lipinski definition) is 5. The van der Waals surface area contributed by atoms with Crippen molar-refractivity contribution in [2.24, 2.45) is 0 Å². The van der Waals surface area contributed by atoms with Crippen LogP contribution in [0.5, 0.6) is 0 Å². The van der Waals surface area contributed by atoms with Crippen molar-refractivity contribution in [3.63, 3.8) is 0 Å². The molecule has 0 unspecified atom stereocenters. The third-order valence-corrected chi connectivity index (χ3v) is 6.60. The van der Waals surface area contributed by atoms with Crippen LogP contribution in [0.2, 0.25) is 0 Å². The number of aromatic nitrogens is 3. The van der Waals surface area contributed by atoms with Crippen molar-refractivity contribution in [1.29, 1.82) is 0 Å². The molecule has 10 heteroatoms. The van der Waals surface area contributed by atoms with E-state index in [9.17, 15) is 21.6 Å². The third kappa shape index (κ3) is 4.40. The minimum Gasteiger partial charge on any atom is -0.242 e. The van der Waals surface area contributed by atoms with Crippen molar-refractivity contribution in [3.05, 3.63) is 71.4 Å². The molecule has 0 saturated heterocycles. The maximum Gasteiger partial charge on any atom is 0.435 e. The van der Waals surface area contributed by atoms with Crippen LogP contribution in [0.15, 0.2) is 65.8 Å². The van der Waals surface area contributed by atoms with Crippen LogP contribution >= 0.6 is 11.3 Å². The van der Waals surface area contributed by atoms with Gasteiger partial charge in [-0.3, -0.25) is 0 Å². The van der Waals surface area contributed by atoms with Crippen molar-refractivity contribution in [1.82, 2.24) is 14.8 Å². The summed E-state index contributed by atoms with van der Waals surface area (Å²) in [6.07, 6.45) is -2.43. The molecule has 0 aliphatic heterocycles. The van der Waals surface area contributed by atoms with Gasteiger partial charge in [0, 0.05) is 21.6 Å². The number of halogens is 3. The molecule has 0 N–H and O–H groups in total. The number of rotatable bonds is 4. The summed E-state index contributed by atoms with van der Waals surface area (Å²) in [5, 5.41) is 3.54. The van der Waals surface area contributed by atoms with E-state index in [4.69, 9.17) is 0 Å². The number of benzene rings is 1. The van der Waals surface area contributed by atoms with Crippen LogP contribution in [0.1, 0.15) is 10.6 Å². The fourth-order valence-corrected chi connectivity index (χ4v) is 4.47. The monoisotopic (exact) mass is 463 g/mol. The van der Waals surface area contributed by atoms with Gasteiger partial charge in [0.05, 0.1) is 17.6 Å². The molecular formula is C21H16F3N3O2S2. The maximum atomic E-state index is 13.4. The van der Waals surface area contributed by atoms with E-state index < -0.39 is 21.7 Å². The van der Waals surface area contributed by atoms with Crippen LogP contribution in [-0.4, -0.2) is 29.4 Å². The Bertz CT molecular complexity index is 1340. The average Bonchev–Trinajstić information content (AvgIpc) is 3.34. The molecule has 4 aromatic rings. The first kappa shape index (κ1) is 21.3. The maximum absolute atomic E-state index is 13.4. The van der Waals surface area contributed by atoms with Crippen LogP contribution in [0.3, 0.4) is 0 Å². The molecule has 160 valence electrons. The SMILES string of the molecule is Cc1ccc(-c2ccc(-c3cc(C(F)(F)F)nn3-c3ccc(S(C)(=O)=O)nc3)cc2)s1. The smallest absolute Gasteiger partial charge is 0.242 e. The average molecular weight is 464 g/mol. The number of thiophene rings is 1. The van der Waals surface area contributed by atoms with Gasteiger partial charge in [0.25, 0.3) is 0 Å². The molecule has 3 heterocycles. The van der Waals surface area contributed by atoms with Crippen LogP contribution in [0.25, 0.3) is 27.4 Å². The van der Waals surface area contributed by atoms with Gasteiger partial charge < -0.3 is 0 Å². The van der Waals surface area contributed by atoms with Gasteiger partial charge in [-0.2, -0.15) is 18.3 Å². The molecule has 31 heavy (non-hydrogen) atoms. The highest BCUT2D eigenvalue weighted by Crippen LogP contribution is 2.34. The van der Waals surface area contributed by atoms with Gasteiger partial charge in [-0.1, -0.05) is 24.3 Å². The van der Waals surface area contributed by atoms with Gasteiger partial charge >= 0.3 is 6.18 Å². The Kier molecular flexibility index (Phi) is 5.22. The van der Waals surface area contributed by atoms with Crippen LogP contribution in [-0.2, 0) is 16.0 Å². The highest BCUT2D eigenvalue weighted by molar-refractivity contribution is 7.90. The lowest BCUT2D eigenvalue weighted by molar-refractivity contribution is -0.141. The molecule has 0 spiro atoms. The summed E-state index contributed by atoms with van der Waals surface area (Å²) in [7, 11) is -3.53. The molecule has 5 nitrogen and oxygen atoms in total. The minimum absolute atomic E-state index is 0.170. The molecule has 3 aromatic heterocycles. The summed E-state index contributed by atoms with van der Waals surface area (Å²) < 4.78 is 64.4. The summed E-state index contributed by atoms with van der Waals surface area (Å²) in [6.45, 7) is 2.00. The van der Waals surface area contributed by atoms with Gasteiger partial charge in [0.2, 0.25) is 0 Å². The zero-order chi connectivity index (χ0) is 22.4. The number of hydrogen-bond donors (Lipinski definition) is 0. The molecule has 0 bridgehead atoms.